The van der Waals surface area contributed by atoms with Crippen LogP contribution in [0.25, 0.3) is 0 Å². The van der Waals surface area contributed by atoms with Crippen molar-refractivity contribution in [3.8, 4) is 0 Å². The van der Waals surface area contributed by atoms with Gasteiger partial charge in [-0.1, -0.05) is 0 Å². The molecule has 2 aliphatic rings. The van der Waals surface area contributed by atoms with E-state index in [2.05, 4.69) is 30.6 Å². The molecule has 44 heavy (non-hydrogen) atoms. The lowest BCUT2D eigenvalue weighted by molar-refractivity contribution is 0.0967. The van der Waals surface area contributed by atoms with E-state index >= 15 is 0 Å². The molecule has 14 nitrogen and oxygen atoms in total. The Labute approximate surface area is 252 Å². The molecule has 4 aromatic heterocycles. The molecule has 0 fully saturated rings. The summed E-state index contributed by atoms with van der Waals surface area (Å²) in [6, 6.07) is 6.48. The topological polar surface area (TPSA) is 206 Å². The summed E-state index contributed by atoms with van der Waals surface area (Å²) < 4.78 is 3.13. The molecule has 2 aliphatic heterocycles. The summed E-state index contributed by atoms with van der Waals surface area (Å²) in [5, 5.41) is 5.93. The molecular formula is C30H34N10O4. The van der Waals surface area contributed by atoms with Crippen LogP contribution in [0.15, 0.2) is 46.5 Å². The average molecular weight is 599 g/mol. The quantitative estimate of drug-likeness (QED) is 0.267. The molecule has 6 heterocycles. The monoisotopic (exact) mass is 598 g/mol. The van der Waals surface area contributed by atoms with Crippen LogP contribution in [0.2, 0.25) is 0 Å². The molecule has 0 saturated heterocycles. The van der Waals surface area contributed by atoms with Gasteiger partial charge in [0.2, 0.25) is 0 Å². The number of aryl methyl sites for hydroxylation is 2. The van der Waals surface area contributed by atoms with Crippen molar-refractivity contribution < 1.29 is 9.59 Å². The predicted molar refractivity (Wildman–Crippen MR) is 167 cm³/mol. The first-order valence-electron chi connectivity index (χ1n) is 14.4. The van der Waals surface area contributed by atoms with E-state index in [-0.39, 0.29) is 22.7 Å². The van der Waals surface area contributed by atoms with Crippen LogP contribution < -0.4 is 33.2 Å². The van der Waals surface area contributed by atoms with Crippen molar-refractivity contribution >= 4 is 46.2 Å². The number of anilines is 6. The van der Waals surface area contributed by atoms with Gasteiger partial charge in [0, 0.05) is 38.1 Å². The van der Waals surface area contributed by atoms with Crippen molar-refractivity contribution in [2.75, 3.05) is 22.1 Å². The van der Waals surface area contributed by atoms with Crippen LogP contribution in [0, 0.1) is 13.8 Å². The zero-order valence-electron chi connectivity index (χ0n) is 24.6. The molecule has 0 amide bonds. The second kappa shape index (κ2) is 12.9. The second-order valence-corrected chi connectivity index (χ2v) is 10.8. The van der Waals surface area contributed by atoms with Crippen LogP contribution in [0.3, 0.4) is 0 Å². The zero-order chi connectivity index (χ0) is 31.4. The number of aromatic nitrogens is 6. The number of fused-ring (bicyclic) bond motifs is 2. The molecule has 0 atom stereocenters. The number of hydrogen-bond acceptors (Lipinski definition) is 12. The minimum Gasteiger partial charge on any atom is -0.384 e. The maximum atomic E-state index is 12.6. The van der Waals surface area contributed by atoms with Gasteiger partial charge >= 0.3 is 0 Å². The molecule has 228 valence electrons. The highest BCUT2D eigenvalue weighted by Gasteiger charge is 2.22. The van der Waals surface area contributed by atoms with E-state index in [0.29, 0.717) is 72.0 Å². The molecule has 0 aliphatic carbocycles. The molecule has 0 radical (unpaired) electrons. The van der Waals surface area contributed by atoms with Crippen LogP contribution in [-0.2, 0) is 13.1 Å². The number of hydrogen-bond donors (Lipinski definition) is 4. The highest BCUT2D eigenvalue weighted by Crippen LogP contribution is 2.22. The van der Waals surface area contributed by atoms with Crippen LogP contribution >= 0.6 is 0 Å². The van der Waals surface area contributed by atoms with Gasteiger partial charge in [0.15, 0.2) is 11.6 Å². The number of rotatable bonds is 4. The van der Waals surface area contributed by atoms with Crippen LogP contribution in [0.1, 0.15) is 70.6 Å². The van der Waals surface area contributed by atoms with Gasteiger partial charge in [0.25, 0.3) is 11.1 Å². The average Bonchev–Trinajstić information content (AvgIpc) is 3.30. The highest BCUT2D eigenvalue weighted by molar-refractivity contribution is 5.97. The minimum absolute atomic E-state index is 0.0323. The fourth-order valence-electron chi connectivity index (χ4n) is 5.46. The van der Waals surface area contributed by atoms with Gasteiger partial charge in [-0.3, -0.25) is 19.2 Å². The number of ketones is 2. The number of nitrogens with one attached hydrogen (secondary N) is 2. The summed E-state index contributed by atoms with van der Waals surface area (Å²) in [6.07, 6.45) is 6.91. The minimum atomic E-state index is -0.215. The van der Waals surface area contributed by atoms with E-state index in [0.717, 1.165) is 36.8 Å². The van der Waals surface area contributed by atoms with Crippen LogP contribution in [0.5, 0.6) is 0 Å². The Bertz CT molecular complexity index is 1730. The SMILES string of the molecule is Cc1cc(Nc2cc(N)ncn2)c(=O)n2c1C(=O)CCCC2.Cc1cc(Nc2cc(N)ncn2)c(=O)n2c1C(=O)CCCC2. The summed E-state index contributed by atoms with van der Waals surface area (Å²) in [4.78, 5) is 65.3. The summed E-state index contributed by atoms with van der Waals surface area (Å²) in [5.41, 5.74) is 14.2. The van der Waals surface area contributed by atoms with Crippen molar-refractivity contribution in [3.63, 3.8) is 0 Å². The molecule has 0 unspecified atom stereocenters. The third kappa shape index (κ3) is 6.48. The smallest absolute Gasteiger partial charge is 0.274 e. The first kappa shape index (κ1) is 30.1. The maximum Gasteiger partial charge on any atom is 0.274 e. The van der Waals surface area contributed by atoms with Gasteiger partial charge in [-0.2, -0.15) is 0 Å². The highest BCUT2D eigenvalue weighted by atomic mass is 16.1. The molecule has 0 aromatic carbocycles. The number of nitrogens with zero attached hydrogens (tertiary/aromatic N) is 6. The number of nitrogen functional groups attached to an aromatic ring is 2. The molecule has 0 saturated carbocycles. The van der Waals surface area contributed by atoms with Gasteiger partial charge in [-0.05, 0) is 62.8 Å². The lowest BCUT2D eigenvalue weighted by Gasteiger charge is -2.14. The number of carbonyl (C=O) groups is 2. The number of Topliss-reactive ketones (excluding diaryl/α,β-unsaturated/α-hetero) is 2. The van der Waals surface area contributed by atoms with Crippen LogP contribution in [0.4, 0.5) is 34.6 Å². The summed E-state index contributed by atoms with van der Waals surface area (Å²) in [6.45, 7) is 4.80. The molecule has 0 spiro atoms. The second-order valence-electron chi connectivity index (χ2n) is 10.8. The van der Waals surface area contributed by atoms with Crippen molar-refractivity contribution in [2.24, 2.45) is 0 Å². The van der Waals surface area contributed by atoms with E-state index in [9.17, 15) is 19.2 Å². The van der Waals surface area contributed by atoms with Crippen molar-refractivity contribution in [1.82, 2.24) is 29.1 Å². The first-order chi connectivity index (χ1) is 21.1. The van der Waals surface area contributed by atoms with E-state index in [1.165, 1.54) is 12.7 Å². The Morgan fingerprint density at radius 2 is 1.02 bits per heavy atom. The maximum absolute atomic E-state index is 12.6. The molecule has 4 aromatic rings. The predicted octanol–water partition coefficient (Wildman–Crippen LogP) is 3.28. The number of pyridine rings is 2. The third-order valence-corrected chi connectivity index (χ3v) is 7.46. The van der Waals surface area contributed by atoms with Gasteiger partial charge < -0.3 is 31.2 Å². The van der Waals surface area contributed by atoms with Gasteiger partial charge in [0.1, 0.15) is 47.3 Å². The van der Waals surface area contributed by atoms with E-state index in [1.807, 2.05) is 13.8 Å². The summed E-state index contributed by atoms with van der Waals surface area (Å²) in [5.74, 6) is 1.60. The zero-order valence-corrected chi connectivity index (χ0v) is 24.6. The van der Waals surface area contributed by atoms with Gasteiger partial charge in [0.05, 0.1) is 11.4 Å². The van der Waals surface area contributed by atoms with E-state index in [1.54, 1.807) is 33.4 Å². The lowest BCUT2D eigenvalue weighted by Crippen LogP contribution is -2.27. The molecule has 0 bridgehead atoms. The fourth-order valence-corrected chi connectivity index (χ4v) is 5.46. The third-order valence-electron chi connectivity index (χ3n) is 7.46. The van der Waals surface area contributed by atoms with E-state index < -0.39 is 0 Å². The Morgan fingerprint density at radius 1 is 0.614 bits per heavy atom. The Morgan fingerprint density at radius 3 is 1.41 bits per heavy atom. The van der Waals surface area contributed by atoms with Gasteiger partial charge in [-0.25, -0.2) is 19.9 Å². The van der Waals surface area contributed by atoms with Crippen LogP contribution in [-0.4, -0.2) is 40.6 Å². The normalized spacial score (nSPS) is 14.3. The molecule has 14 heteroatoms. The number of carbonyl (C=O) groups excluding carboxylic acids is 2. The molecular weight excluding hydrogens is 564 g/mol. The Balaban J connectivity index is 0.000000175. The lowest BCUT2D eigenvalue weighted by atomic mass is 10.1. The Kier molecular flexibility index (Phi) is 8.78. The Hall–Kier alpha value is -5.40. The van der Waals surface area contributed by atoms with Crippen molar-refractivity contribution in [2.45, 2.75) is 65.5 Å². The van der Waals surface area contributed by atoms with Gasteiger partial charge in [-0.15, -0.1) is 0 Å². The van der Waals surface area contributed by atoms with Crippen molar-refractivity contribution in [3.05, 3.63) is 80.1 Å². The fraction of sp³-hybridized carbons (Fsp3) is 0.333. The van der Waals surface area contributed by atoms with Crippen molar-refractivity contribution in [1.29, 1.82) is 0 Å². The molecule has 6 N–H and O–H groups in total. The number of nitrogens with two attached hydrogens (primary N) is 2. The van der Waals surface area contributed by atoms with E-state index in [4.69, 9.17) is 11.5 Å². The summed E-state index contributed by atoms with van der Waals surface area (Å²) in [7, 11) is 0. The molecule has 6 rings (SSSR count). The standard InChI is InChI=1S/2C15H17N5O2/c2*1-9-6-10(19-13-7-12(16)17-8-18-13)15(22)20-5-3-2-4-11(21)14(9)20/h2*6-8H,2-5H2,1H3,(H3,16,17,18,19). The summed E-state index contributed by atoms with van der Waals surface area (Å²) >= 11 is 0. The largest absolute Gasteiger partial charge is 0.384 e. The first-order valence-corrected chi connectivity index (χ1v) is 14.4.